The van der Waals surface area contributed by atoms with Gasteiger partial charge in [-0.3, -0.25) is 4.79 Å². The highest BCUT2D eigenvalue weighted by Gasteiger charge is 2.16. The summed E-state index contributed by atoms with van der Waals surface area (Å²) in [5.74, 6) is 1.27. The highest BCUT2D eigenvalue weighted by Crippen LogP contribution is 2.33. The summed E-state index contributed by atoms with van der Waals surface area (Å²) in [5.41, 5.74) is 3.76. The highest BCUT2D eigenvalue weighted by atomic mass is 16.5. The molecular weight excluding hydrogens is 340 g/mol. The van der Waals surface area contributed by atoms with Gasteiger partial charge in [-0.1, -0.05) is 36.4 Å². The average Bonchev–Trinajstić information content (AvgIpc) is 3.16. The average molecular weight is 358 g/mol. The Balaban J connectivity index is 1.80. The van der Waals surface area contributed by atoms with E-state index in [2.05, 4.69) is 9.97 Å². The SMILES string of the molecule is COc1ccc(-c2cnc3[nH]cc(C(=O)c4ccccc4)c3c2)cc1OC. The first kappa shape index (κ1) is 16.8. The van der Waals surface area contributed by atoms with Crippen molar-refractivity contribution in [1.82, 2.24) is 9.97 Å². The van der Waals surface area contributed by atoms with Gasteiger partial charge >= 0.3 is 0 Å². The third kappa shape index (κ3) is 3.04. The second kappa shape index (κ2) is 6.96. The predicted octanol–water partition coefficient (Wildman–Crippen LogP) is 4.48. The monoisotopic (exact) mass is 358 g/mol. The second-order valence-corrected chi connectivity index (χ2v) is 6.09. The number of fused-ring (bicyclic) bond motifs is 1. The molecule has 0 saturated heterocycles. The number of ketones is 1. The molecule has 5 heteroatoms. The number of hydrogen-bond donors (Lipinski definition) is 1. The smallest absolute Gasteiger partial charge is 0.195 e. The molecule has 0 aliphatic heterocycles. The summed E-state index contributed by atoms with van der Waals surface area (Å²) in [6, 6.07) is 16.9. The molecule has 1 N–H and O–H groups in total. The third-order valence-corrected chi connectivity index (χ3v) is 4.53. The summed E-state index contributed by atoms with van der Waals surface area (Å²) in [6.45, 7) is 0. The Labute approximate surface area is 156 Å². The van der Waals surface area contributed by atoms with Gasteiger partial charge in [0.2, 0.25) is 0 Å². The van der Waals surface area contributed by atoms with Crippen molar-refractivity contribution in [2.75, 3.05) is 14.2 Å². The molecule has 0 spiro atoms. The van der Waals surface area contributed by atoms with Gasteiger partial charge < -0.3 is 14.5 Å². The maximum Gasteiger partial charge on any atom is 0.195 e. The number of ether oxygens (including phenoxy) is 2. The zero-order valence-corrected chi connectivity index (χ0v) is 15.0. The molecule has 134 valence electrons. The second-order valence-electron chi connectivity index (χ2n) is 6.09. The van der Waals surface area contributed by atoms with Gasteiger partial charge in [0.05, 0.1) is 14.2 Å². The lowest BCUT2D eigenvalue weighted by atomic mass is 10.0. The van der Waals surface area contributed by atoms with E-state index in [4.69, 9.17) is 9.47 Å². The Morgan fingerprint density at radius 2 is 1.70 bits per heavy atom. The van der Waals surface area contributed by atoms with E-state index in [1.807, 2.05) is 54.6 Å². The van der Waals surface area contributed by atoms with E-state index in [1.165, 1.54) is 0 Å². The normalized spacial score (nSPS) is 10.7. The Hall–Kier alpha value is -3.60. The molecule has 0 fully saturated rings. The highest BCUT2D eigenvalue weighted by molar-refractivity contribution is 6.16. The largest absolute Gasteiger partial charge is 0.493 e. The van der Waals surface area contributed by atoms with Crippen molar-refractivity contribution in [3.05, 3.63) is 78.1 Å². The van der Waals surface area contributed by atoms with E-state index in [0.29, 0.717) is 28.3 Å². The van der Waals surface area contributed by atoms with Gasteiger partial charge in [0, 0.05) is 34.5 Å². The lowest BCUT2D eigenvalue weighted by molar-refractivity contribution is 0.104. The van der Waals surface area contributed by atoms with Crippen molar-refractivity contribution in [2.45, 2.75) is 0 Å². The zero-order chi connectivity index (χ0) is 18.8. The minimum Gasteiger partial charge on any atom is -0.493 e. The number of aromatic nitrogens is 2. The van der Waals surface area contributed by atoms with Crippen molar-refractivity contribution >= 4 is 16.8 Å². The molecule has 4 aromatic rings. The Morgan fingerprint density at radius 3 is 2.44 bits per heavy atom. The number of methoxy groups -OCH3 is 2. The molecule has 2 aromatic heterocycles. The number of nitrogens with zero attached hydrogens (tertiary/aromatic N) is 1. The lowest BCUT2D eigenvalue weighted by Gasteiger charge is -2.10. The van der Waals surface area contributed by atoms with Crippen LogP contribution in [0.2, 0.25) is 0 Å². The molecule has 4 rings (SSSR count). The number of rotatable bonds is 5. The zero-order valence-electron chi connectivity index (χ0n) is 15.0. The summed E-state index contributed by atoms with van der Waals surface area (Å²) in [6.07, 6.45) is 3.49. The molecule has 0 saturated carbocycles. The van der Waals surface area contributed by atoms with E-state index < -0.39 is 0 Å². The summed E-state index contributed by atoms with van der Waals surface area (Å²) in [7, 11) is 3.21. The standard InChI is InChI=1S/C22H18N2O3/c1-26-19-9-8-15(11-20(19)27-2)16-10-17-18(13-24-22(17)23-12-16)21(25)14-6-4-3-5-7-14/h3-13H,1-2H3,(H,23,24). The fourth-order valence-corrected chi connectivity index (χ4v) is 3.11. The Kier molecular flexibility index (Phi) is 4.34. The van der Waals surface area contributed by atoms with Gasteiger partial charge in [-0.05, 0) is 23.8 Å². The van der Waals surface area contributed by atoms with Crippen LogP contribution in [0.5, 0.6) is 11.5 Å². The van der Waals surface area contributed by atoms with Gasteiger partial charge in [-0.2, -0.15) is 0 Å². The van der Waals surface area contributed by atoms with Crippen LogP contribution < -0.4 is 9.47 Å². The molecule has 0 aliphatic carbocycles. The summed E-state index contributed by atoms with van der Waals surface area (Å²) >= 11 is 0. The summed E-state index contributed by atoms with van der Waals surface area (Å²) in [4.78, 5) is 20.4. The number of pyridine rings is 1. The molecule has 27 heavy (non-hydrogen) atoms. The van der Waals surface area contributed by atoms with Crippen LogP contribution in [-0.4, -0.2) is 30.0 Å². The van der Waals surface area contributed by atoms with Crippen molar-refractivity contribution < 1.29 is 14.3 Å². The van der Waals surface area contributed by atoms with Crippen LogP contribution in [0.25, 0.3) is 22.2 Å². The van der Waals surface area contributed by atoms with Crippen molar-refractivity contribution in [3.63, 3.8) is 0 Å². The van der Waals surface area contributed by atoms with Crippen LogP contribution in [0.3, 0.4) is 0 Å². The topological polar surface area (TPSA) is 64.2 Å². The minimum absolute atomic E-state index is 0.0342. The van der Waals surface area contributed by atoms with Crippen molar-refractivity contribution in [2.24, 2.45) is 0 Å². The van der Waals surface area contributed by atoms with Crippen LogP contribution in [0.1, 0.15) is 15.9 Å². The minimum atomic E-state index is -0.0342. The third-order valence-electron chi connectivity index (χ3n) is 4.53. The Bertz CT molecular complexity index is 1120. The molecule has 2 heterocycles. The fraction of sp³-hybridized carbons (Fsp3) is 0.0909. The molecule has 5 nitrogen and oxygen atoms in total. The number of benzene rings is 2. The lowest BCUT2D eigenvalue weighted by Crippen LogP contribution is -1.99. The number of hydrogen-bond acceptors (Lipinski definition) is 4. The van der Waals surface area contributed by atoms with Gasteiger partial charge in [0.25, 0.3) is 0 Å². The molecule has 0 radical (unpaired) electrons. The Morgan fingerprint density at radius 1 is 0.926 bits per heavy atom. The van der Waals surface area contributed by atoms with Gasteiger partial charge in [-0.15, -0.1) is 0 Å². The predicted molar refractivity (Wildman–Crippen MR) is 105 cm³/mol. The van der Waals surface area contributed by atoms with E-state index in [1.54, 1.807) is 26.6 Å². The van der Waals surface area contributed by atoms with Gasteiger partial charge in [0.1, 0.15) is 5.65 Å². The molecule has 2 aromatic carbocycles. The van der Waals surface area contributed by atoms with Gasteiger partial charge in [-0.25, -0.2) is 4.98 Å². The van der Waals surface area contributed by atoms with Crippen LogP contribution in [0.15, 0.2) is 67.0 Å². The first-order valence-electron chi connectivity index (χ1n) is 8.50. The first-order chi connectivity index (χ1) is 13.2. The molecule has 0 amide bonds. The number of carbonyl (C=O) groups is 1. The first-order valence-corrected chi connectivity index (χ1v) is 8.50. The van der Waals surface area contributed by atoms with Crippen molar-refractivity contribution in [3.8, 4) is 22.6 Å². The number of H-pyrrole nitrogens is 1. The summed E-state index contributed by atoms with van der Waals surface area (Å²) in [5, 5.41) is 0.788. The molecule has 0 bridgehead atoms. The molecule has 0 aliphatic rings. The molecule has 0 atom stereocenters. The van der Waals surface area contributed by atoms with Crippen molar-refractivity contribution in [1.29, 1.82) is 0 Å². The van der Waals surface area contributed by atoms with Crippen LogP contribution in [0, 0.1) is 0 Å². The van der Waals surface area contributed by atoms with Crippen LogP contribution in [0.4, 0.5) is 0 Å². The maximum atomic E-state index is 12.9. The van der Waals surface area contributed by atoms with Crippen LogP contribution >= 0.6 is 0 Å². The number of carbonyl (C=O) groups excluding carboxylic acids is 1. The van der Waals surface area contributed by atoms with E-state index in [-0.39, 0.29) is 5.78 Å². The molecular formula is C22H18N2O3. The summed E-state index contributed by atoms with van der Waals surface area (Å²) < 4.78 is 10.7. The fourth-order valence-electron chi connectivity index (χ4n) is 3.11. The number of aromatic amines is 1. The maximum absolute atomic E-state index is 12.9. The van der Waals surface area contributed by atoms with E-state index in [0.717, 1.165) is 16.5 Å². The molecule has 0 unspecified atom stereocenters. The van der Waals surface area contributed by atoms with Crippen LogP contribution in [-0.2, 0) is 0 Å². The quantitative estimate of drug-likeness (QED) is 0.534. The van der Waals surface area contributed by atoms with Gasteiger partial charge in [0.15, 0.2) is 17.3 Å². The number of nitrogens with one attached hydrogen (secondary N) is 1. The van der Waals surface area contributed by atoms with E-state index in [9.17, 15) is 4.79 Å². The van der Waals surface area contributed by atoms with E-state index >= 15 is 0 Å².